The zero-order valence-corrected chi connectivity index (χ0v) is 12.2. The summed E-state index contributed by atoms with van der Waals surface area (Å²) in [6.45, 7) is 0. The third-order valence-electron chi connectivity index (χ3n) is 4.65. The van der Waals surface area contributed by atoms with Gasteiger partial charge < -0.3 is 9.55 Å². The van der Waals surface area contributed by atoms with E-state index < -0.39 is 0 Å². The molecule has 1 aliphatic carbocycles. The number of nitrogens with one attached hydrogen (secondary N) is 1. The highest BCUT2D eigenvalue weighted by Crippen LogP contribution is 2.38. The molecule has 1 N–H and O–H groups in total. The lowest BCUT2D eigenvalue weighted by Gasteiger charge is -2.17. The van der Waals surface area contributed by atoms with Gasteiger partial charge in [0.15, 0.2) is 0 Å². The molecular weight excluding hydrogens is 268 g/mol. The number of H-pyrrole nitrogens is 1. The summed E-state index contributed by atoms with van der Waals surface area (Å²) < 4.78 is 2.45. The summed E-state index contributed by atoms with van der Waals surface area (Å²) in [5.74, 6) is 0. The monoisotopic (exact) mass is 284 g/mol. The first-order valence-electron chi connectivity index (χ1n) is 7.76. The molecule has 1 unspecified atom stereocenters. The van der Waals surface area contributed by atoms with Gasteiger partial charge in [0, 0.05) is 21.7 Å². The average molecular weight is 284 g/mol. The van der Waals surface area contributed by atoms with E-state index in [1.807, 2.05) is 0 Å². The molecule has 0 amide bonds. The van der Waals surface area contributed by atoms with Crippen LogP contribution in [0.25, 0.3) is 32.8 Å². The van der Waals surface area contributed by atoms with Crippen molar-refractivity contribution < 1.29 is 0 Å². The van der Waals surface area contributed by atoms with E-state index in [0.29, 0.717) is 6.04 Å². The van der Waals surface area contributed by atoms with Crippen LogP contribution in [0.4, 0.5) is 0 Å². The Morgan fingerprint density at radius 3 is 2.59 bits per heavy atom. The van der Waals surface area contributed by atoms with Gasteiger partial charge >= 0.3 is 0 Å². The molecule has 106 valence electrons. The summed E-state index contributed by atoms with van der Waals surface area (Å²) in [5, 5.41) is 3.98. The zero-order chi connectivity index (χ0) is 14.5. The Bertz CT molecular complexity index is 1060. The number of aromatic nitrogens is 2. The molecule has 0 bridgehead atoms. The van der Waals surface area contributed by atoms with Crippen LogP contribution in [0.5, 0.6) is 0 Å². The Kier molecular flexibility index (Phi) is 2.36. The van der Waals surface area contributed by atoms with Crippen LogP contribution in [-0.4, -0.2) is 9.55 Å². The number of aromatic amines is 1. The van der Waals surface area contributed by atoms with E-state index in [0.717, 1.165) is 6.42 Å². The third kappa shape index (κ3) is 1.49. The fourth-order valence-corrected chi connectivity index (χ4v) is 3.70. The molecule has 1 aliphatic rings. The number of hydrogen-bond acceptors (Lipinski definition) is 0. The lowest BCUT2D eigenvalue weighted by atomic mass is 10.1. The highest BCUT2D eigenvalue weighted by atomic mass is 15.1. The lowest BCUT2D eigenvalue weighted by molar-refractivity contribution is 0.644. The number of para-hydroxylation sites is 2. The molecule has 0 saturated heterocycles. The Balaban J connectivity index is 1.97. The van der Waals surface area contributed by atoms with Crippen molar-refractivity contribution in [1.29, 1.82) is 0 Å². The number of benzene rings is 2. The largest absolute Gasteiger partial charge is 0.341 e. The summed E-state index contributed by atoms with van der Waals surface area (Å²) in [7, 11) is 0. The van der Waals surface area contributed by atoms with E-state index in [1.54, 1.807) is 0 Å². The molecule has 0 aliphatic heterocycles. The minimum atomic E-state index is 0.375. The van der Waals surface area contributed by atoms with E-state index in [2.05, 4.69) is 82.4 Å². The first-order chi connectivity index (χ1) is 10.9. The normalized spacial score (nSPS) is 17.9. The highest BCUT2D eigenvalue weighted by molar-refractivity contribution is 6.20. The smallest absolute Gasteiger partial charge is 0.120 e. The molecule has 2 aromatic heterocycles. The Morgan fingerprint density at radius 2 is 1.73 bits per heavy atom. The second kappa shape index (κ2) is 4.38. The molecule has 2 aromatic carbocycles. The summed E-state index contributed by atoms with van der Waals surface area (Å²) in [4.78, 5) is 3.64. The molecule has 0 radical (unpaired) electrons. The molecule has 2 nitrogen and oxygen atoms in total. The van der Waals surface area contributed by atoms with E-state index in [1.165, 1.54) is 32.8 Å². The van der Waals surface area contributed by atoms with Gasteiger partial charge in [0.2, 0.25) is 0 Å². The molecule has 0 fully saturated rings. The van der Waals surface area contributed by atoms with Crippen LogP contribution in [0.1, 0.15) is 12.5 Å². The Morgan fingerprint density at radius 1 is 0.909 bits per heavy atom. The zero-order valence-electron chi connectivity index (χ0n) is 12.2. The second-order valence-corrected chi connectivity index (χ2v) is 5.90. The maximum absolute atomic E-state index is 3.64. The van der Waals surface area contributed by atoms with Crippen molar-refractivity contribution >= 4 is 32.8 Å². The van der Waals surface area contributed by atoms with Crippen molar-refractivity contribution in [3.63, 3.8) is 0 Å². The van der Waals surface area contributed by atoms with Crippen LogP contribution in [0.2, 0.25) is 0 Å². The van der Waals surface area contributed by atoms with Gasteiger partial charge in [-0.1, -0.05) is 60.7 Å². The summed E-state index contributed by atoms with van der Waals surface area (Å²) in [5.41, 5.74) is 3.74. The SMILES string of the molecule is C1=CCC(n2c3ccccc3c3c4ccccc4[nH]c32)C=C1. The van der Waals surface area contributed by atoms with Crippen LogP contribution >= 0.6 is 0 Å². The predicted octanol–water partition coefficient (Wildman–Crippen LogP) is 5.33. The van der Waals surface area contributed by atoms with Crippen molar-refractivity contribution in [3.05, 3.63) is 72.8 Å². The first-order valence-corrected chi connectivity index (χ1v) is 7.76. The fourth-order valence-electron chi connectivity index (χ4n) is 3.70. The molecule has 5 rings (SSSR count). The number of fused-ring (bicyclic) bond motifs is 5. The van der Waals surface area contributed by atoms with Gasteiger partial charge in [0.25, 0.3) is 0 Å². The molecule has 1 atom stereocenters. The van der Waals surface area contributed by atoms with Crippen molar-refractivity contribution in [2.45, 2.75) is 12.5 Å². The van der Waals surface area contributed by atoms with Crippen LogP contribution < -0.4 is 0 Å². The van der Waals surface area contributed by atoms with E-state index >= 15 is 0 Å². The summed E-state index contributed by atoms with van der Waals surface area (Å²) in [6, 6.07) is 17.7. The average Bonchev–Trinajstić information content (AvgIpc) is 3.10. The van der Waals surface area contributed by atoms with Gasteiger partial charge in [-0.15, -0.1) is 0 Å². The molecule has 2 heterocycles. The standard InChI is InChI=1S/C20H16N2/c1-2-8-14(9-3-1)22-18-13-7-5-11-16(18)19-15-10-4-6-12-17(15)21-20(19)22/h1-8,10-14,21H,9H2. The topological polar surface area (TPSA) is 20.7 Å². The number of hydrogen-bond donors (Lipinski definition) is 1. The van der Waals surface area contributed by atoms with E-state index in [-0.39, 0.29) is 0 Å². The van der Waals surface area contributed by atoms with Crippen molar-refractivity contribution in [1.82, 2.24) is 9.55 Å². The molecular formula is C20H16N2. The van der Waals surface area contributed by atoms with Crippen LogP contribution in [-0.2, 0) is 0 Å². The van der Waals surface area contributed by atoms with Gasteiger partial charge in [-0.3, -0.25) is 0 Å². The van der Waals surface area contributed by atoms with Gasteiger partial charge in [-0.2, -0.15) is 0 Å². The highest BCUT2D eigenvalue weighted by Gasteiger charge is 2.19. The number of allylic oxidation sites excluding steroid dienone is 4. The summed E-state index contributed by atoms with van der Waals surface area (Å²) in [6.07, 6.45) is 9.85. The van der Waals surface area contributed by atoms with Gasteiger partial charge in [-0.25, -0.2) is 0 Å². The van der Waals surface area contributed by atoms with Gasteiger partial charge in [0.1, 0.15) is 5.65 Å². The Hall–Kier alpha value is -2.74. The van der Waals surface area contributed by atoms with Crippen molar-refractivity contribution in [2.24, 2.45) is 0 Å². The second-order valence-electron chi connectivity index (χ2n) is 5.90. The van der Waals surface area contributed by atoms with Gasteiger partial charge in [0.05, 0.1) is 11.6 Å². The van der Waals surface area contributed by atoms with E-state index in [4.69, 9.17) is 0 Å². The maximum Gasteiger partial charge on any atom is 0.120 e. The van der Waals surface area contributed by atoms with Crippen LogP contribution in [0.3, 0.4) is 0 Å². The first kappa shape index (κ1) is 11.9. The molecule has 4 aromatic rings. The van der Waals surface area contributed by atoms with Gasteiger partial charge in [-0.05, 0) is 18.6 Å². The minimum Gasteiger partial charge on any atom is -0.341 e. The van der Waals surface area contributed by atoms with E-state index in [9.17, 15) is 0 Å². The minimum absolute atomic E-state index is 0.375. The molecule has 0 spiro atoms. The maximum atomic E-state index is 3.64. The Labute approximate surface area is 128 Å². The van der Waals surface area contributed by atoms with Crippen LogP contribution in [0, 0.1) is 0 Å². The van der Waals surface area contributed by atoms with Crippen molar-refractivity contribution in [3.8, 4) is 0 Å². The number of rotatable bonds is 1. The van der Waals surface area contributed by atoms with Crippen molar-refractivity contribution in [2.75, 3.05) is 0 Å². The fraction of sp³-hybridized carbons (Fsp3) is 0.100. The number of nitrogens with zero attached hydrogens (tertiary/aromatic N) is 1. The summed E-state index contributed by atoms with van der Waals surface area (Å²) >= 11 is 0. The lowest BCUT2D eigenvalue weighted by Crippen LogP contribution is -2.07. The third-order valence-corrected chi connectivity index (χ3v) is 4.65. The predicted molar refractivity (Wildman–Crippen MR) is 93.2 cm³/mol. The van der Waals surface area contributed by atoms with Crippen LogP contribution in [0.15, 0.2) is 72.8 Å². The quantitative estimate of drug-likeness (QED) is 0.487. The molecule has 22 heavy (non-hydrogen) atoms. The molecule has 2 heteroatoms. The molecule has 0 saturated carbocycles.